The van der Waals surface area contributed by atoms with Crippen molar-refractivity contribution in [3.05, 3.63) is 71.5 Å². The third-order valence-corrected chi connectivity index (χ3v) is 4.56. The number of nitrogens with zero attached hydrogens (tertiary/aromatic N) is 1. The van der Waals surface area contributed by atoms with Gasteiger partial charge in [-0.05, 0) is 35.4 Å². The molecule has 1 atom stereocenters. The zero-order chi connectivity index (χ0) is 16.0. The molecule has 23 heavy (non-hydrogen) atoms. The van der Waals surface area contributed by atoms with E-state index in [9.17, 15) is 14.7 Å². The molecule has 4 nitrogen and oxygen atoms in total. The first-order valence-corrected chi connectivity index (χ1v) is 7.61. The minimum atomic E-state index is -0.827. The molecule has 1 unspecified atom stereocenters. The van der Waals surface area contributed by atoms with Crippen LogP contribution in [0.2, 0.25) is 0 Å². The van der Waals surface area contributed by atoms with Crippen molar-refractivity contribution in [3.8, 4) is 0 Å². The topological polar surface area (TPSA) is 59.3 Å². The first-order chi connectivity index (χ1) is 11.1. The Morgan fingerprint density at radius 2 is 1.78 bits per heavy atom. The van der Waals surface area contributed by atoms with E-state index in [-0.39, 0.29) is 5.78 Å². The molecule has 4 heteroatoms. The number of hydrogen-bond donors (Lipinski definition) is 1. The summed E-state index contributed by atoms with van der Waals surface area (Å²) in [5.41, 5.74) is 1.92. The largest absolute Gasteiger partial charge is 0.481 e. The molecule has 2 heterocycles. The van der Waals surface area contributed by atoms with Gasteiger partial charge in [0.05, 0.1) is 11.6 Å². The Bertz CT molecular complexity index is 939. The van der Waals surface area contributed by atoms with Gasteiger partial charge >= 0.3 is 5.97 Å². The quantitative estimate of drug-likeness (QED) is 0.754. The number of aliphatic carboxylic acids is 1. The van der Waals surface area contributed by atoms with Crippen molar-refractivity contribution in [1.82, 2.24) is 4.57 Å². The Morgan fingerprint density at radius 3 is 2.57 bits per heavy atom. The molecule has 1 aliphatic heterocycles. The van der Waals surface area contributed by atoms with Gasteiger partial charge in [0.2, 0.25) is 5.78 Å². The molecular weight excluding hydrogens is 290 g/mol. The SMILES string of the molecule is O=C(c1ccc2ccccc2c1)c1ccc2n1CCC2C(=O)O. The van der Waals surface area contributed by atoms with E-state index in [2.05, 4.69) is 0 Å². The maximum atomic E-state index is 12.8. The number of rotatable bonds is 3. The van der Waals surface area contributed by atoms with E-state index >= 15 is 0 Å². The predicted octanol–water partition coefficient (Wildman–Crippen LogP) is 3.44. The van der Waals surface area contributed by atoms with Gasteiger partial charge in [-0.2, -0.15) is 0 Å². The smallest absolute Gasteiger partial charge is 0.312 e. The molecule has 3 aromatic rings. The lowest BCUT2D eigenvalue weighted by molar-refractivity contribution is -0.138. The number of aromatic nitrogens is 1. The normalized spacial score (nSPS) is 16.4. The summed E-state index contributed by atoms with van der Waals surface area (Å²) < 4.78 is 1.84. The summed E-state index contributed by atoms with van der Waals surface area (Å²) in [4.78, 5) is 24.1. The van der Waals surface area contributed by atoms with E-state index in [0.717, 1.165) is 16.5 Å². The number of carbonyl (C=O) groups excluding carboxylic acids is 1. The Hall–Kier alpha value is -2.88. The third kappa shape index (κ3) is 2.14. The van der Waals surface area contributed by atoms with E-state index in [0.29, 0.717) is 24.2 Å². The lowest BCUT2D eigenvalue weighted by atomic mass is 10.0. The lowest BCUT2D eigenvalue weighted by Crippen LogP contribution is -2.10. The third-order valence-electron chi connectivity index (χ3n) is 4.56. The summed E-state index contributed by atoms with van der Waals surface area (Å²) in [6.07, 6.45) is 0.545. The molecule has 4 rings (SSSR count). The van der Waals surface area contributed by atoms with Crippen molar-refractivity contribution in [1.29, 1.82) is 0 Å². The second-order valence-electron chi connectivity index (χ2n) is 5.87. The maximum Gasteiger partial charge on any atom is 0.312 e. The van der Waals surface area contributed by atoms with E-state index in [1.54, 1.807) is 12.1 Å². The van der Waals surface area contributed by atoms with Crippen LogP contribution < -0.4 is 0 Å². The van der Waals surface area contributed by atoms with Crippen molar-refractivity contribution in [2.75, 3.05) is 0 Å². The molecule has 0 amide bonds. The van der Waals surface area contributed by atoms with Crippen LogP contribution in [-0.2, 0) is 11.3 Å². The number of benzene rings is 2. The van der Waals surface area contributed by atoms with Crippen molar-refractivity contribution in [3.63, 3.8) is 0 Å². The highest BCUT2D eigenvalue weighted by Gasteiger charge is 2.31. The first kappa shape index (κ1) is 13.8. The molecule has 2 aromatic carbocycles. The second-order valence-corrected chi connectivity index (χ2v) is 5.87. The van der Waals surface area contributed by atoms with Crippen LogP contribution in [0.1, 0.15) is 34.1 Å². The predicted molar refractivity (Wildman–Crippen MR) is 86.8 cm³/mol. The van der Waals surface area contributed by atoms with Crippen LogP contribution in [-0.4, -0.2) is 21.4 Å². The van der Waals surface area contributed by atoms with Gasteiger partial charge in [0.25, 0.3) is 0 Å². The van der Waals surface area contributed by atoms with Crippen molar-refractivity contribution < 1.29 is 14.7 Å². The van der Waals surface area contributed by atoms with Crippen LogP contribution in [0.3, 0.4) is 0 Å². The lowest BCUT2D eigenvalue weighted by Gasteiger charge is -2.07. The summed E-state index contributed by atoms with van der Waals surface area (Å²) in [5, 5.41) is 11.4. The molecule has 1 N–H and O–H groups in total. The second kappa shape index (κ2) is 5.09. The van der Waals surface area contributed by atoms with Crippen molar-refractivity contribution in [2.24, 2.45) is 0 Å². The summed E-state index contributed by atoms with van der Waals surface area (Å²) >= 11 is 0. The van der Waals surface area contributed by atoms with Crippen LogP contribution >= 0.6 is 0 Å². The zero-order valence-electron chi connectivity index (χ0n) is 12.4. The van der Waals surface area contributed by atoms with Crippen molar-refractivity contribution in [2.45, 2.75) is 18.9 Å². The molecule has 0 saturated carbocycles. The number of carboxylic acid groups (broad SMARTS) is 1. The van der Waals surface area contributed by atoms with Crippen LogP contribution in [0.25, 0.3) is 10.8 Å². The molecule has 0 aliphatic carbocycles. The number of ketones is 1. The van der Waals surface area contributed by atoms with Gasteiger partial charge in [-0.1, -0.05) is 36.4 Å². The standard InChI is InChI=1S/C19H15NO3/c21-18(14-6-5-12-3-1-2-4-13(12)11-14)17-8-7-16-15(19(22)23)9-10-20(16)17/h1-8,11,15H,9-10H2,(H,22,23). The summed E-state index contributed by atoms with van der Waals surface area (Å²) in [6, 6.07) is 17.1. The molecule has 0 fully saturated rings. The minimum absolute atomic E-state index is 0.0620. The molecule has 114 valence electrons. The maximum absolute atomic E-state index is 12.8. The van der Waals surface area contributed by atoms with Gasteiger partial charge in [-0.25, -0.2) is 0 Å². The highest BCUT2D eigenvalue weighted by molar-refractivity contribution is 6.10. The molecule has 0 bridgehead atoms. The highest BCUT2D eigenvalue weighted by Crippen LogP contribution is 2.31. The Morgan fingerprint density at radius 1 is 1.00 bits per heavy atom. The summed E-state index contributed by atoms with van der Waals surface area (Å²) in [5.74, 6) is -1.40. The highest BCUT2D eigenvalue weighted by atomic mass is 16.4. The van der Waals surface area contributed by atoms with E-state index < -0.39 is 11.9 Å². The van der Waals surface area contributed by atoms with E-state index in [1.165, 1.54) is 0 Å². The van der Waals surface area contributed by atoms with Crippen LogP contribution in [0.15, 0.2) is 54.6 Å². The van der Waals surface area contributed by atoms with Crippen LogP contribution in [0.4, 0.5) is 0 Å². The molecule has 0 saturated heterocycles. The minimum Gasteiger partial charge on any atom is -0.481 e. The van der Waals surface area contributed by atoms with Gasteiger partial charge in [0.15, 0.2) is 0 Å². The number of fused-ring (bicyclic) bond motifs is 2. The van der Waals surface area contributed by atoms with E-state index in [1.807, 2.05) is 47.0 Å². The fraction of sp³-hybridized carbons (Fsp3) is 0.158. The average Bonchev–Trinajstić information content (AvgIpc) is 3.15. The number of carbonyl (C=O) groups is 2. The zero-order valence-corrected chi connectivity index (χ0v) is 12.4. The van der Waals surface area contributed by atoms with Gasteiger partial charge in [0.1, 0.15) is 0 Å². The molecule has 1 aromatic heterocycles. The molecule has 0 spiro atoms. The van der Waals surface area contributed by atoms with Gasteiger partial charge in [0, 0.05) is 17.8 Å². The van der Waals surface area contributed by atoms with Gasteiger partial charge in [-0.15, -0.1) is 0 Å². The van der Waals surface area contributed by atoms with Crippen LogP contribution in [0.5, 0.6) is 0 Å². The summed E-state index contributed by atoms with van der Waals surface area (Å²) in [7, 11) is 0. The fourth-order valence-corrected chi connectivity index (χ4v) is 3.37. The Labute approximate surface area is 133 Å². The molecular formula is C19H15NO3. The van der Waals surface area contributed by atoms with Crippen LogP contribution in [0, 0.1) is 0 Å². The monoisotopic (exact) mass is 305 g/mol. The van der Waals surface area contributed by atoms with Gasteiger partial charge in [-0.3, -0.25) is 9.59 Å². The average molecular weight is 305 g/mol. The first-order valence-electron chi connectivity index (χ1n) is 7.61. The van der Waals surface area contributed by atoms with Crippen molar-refractivity contribution >= 4 is 22.5 Å². The Balaban J connectivity index is 1.75. The van der Waals surface area contributed by atoms with E-state index in [4.69, 9.17) is 0 Å². The van der Waals surface area contributed by atoms with Gasteiger partial charge < -0.3 is 9.67 Å². The summed E-state index contributed by atoms with van der Waals surface area (Å²) in [6.45, 7) is 0.577. The number of hydrogen-bond acceptors (Lipinski definition) is 2. The molecule has 1 aliphatic rings. The molecule has 0 radical (unpaired) electrons. The fourth-order valence-electron chi connectivity index (χ4n) is 3.37. The number of carboxylic acids is 1. The Kier molecular flexibility index (Phi) is 3.05.